The number of benzene rings is 1. The minimum atomic E-state index is -3.89. The number of anilines is 1. The van der Waals surface area contributed by atoms with Gasteiger partial charge in [0.15, 0.2) is 0 Å². The van der Waals surface area contributed by atoms with Crippen molar-refractivity contribution in [2.45, 2.75) is 24.3 Å². The van der Waals surface area contributed by atoms with Gasteiger partial charge in [-0.3, -0.25) is 0 Å². The standard InChI is InChI=1S/C11H17FN2O3S/c1-11(2,7-17-3)14-18(15,16)9-6-4-5-8(12)10(9)13/h4-6,14H,7,13H2,1-3H3. The molecule has 102 valence electrons. The smallest absolute Gasteiger partial charge is 0.243 e. The van der Waals surface area contributed by atoms with Gasteiger partial charge in [-0.1, -0.05) is 6.07 Å². The Balaban J connectivity index is 3.11. The average molecular weight is 276 g/mol. The lowest BCUT2D eigenvalue weighted by atomic mass is 10.1. The van der Waals surface area contributed by atoms with Gasteiger partial charge in [-0.15, -0.1) is 0 Å². The van der Waals surface area contributed by atoms with E-state index in [1.807, 2.05) is 0 Å². The Morgan fingerprint density at radius 1 is 1.44 bits per heavy atom. The zero-order valence-electron chi connectivity index (χ0n) is 10.5. The molecule has 0 saturated carbocycles. The molecule has 1 rings (SSSR count). The third kappa shape index (κ3) is 3.41. The minimum absolute atomic E-state index is 0.182. The normalized spacial score (nSPS) is 12.7. The summed E-state index contributed by atoms with van der Waals surface area (Å²) in [6.07, 6.45) is 0. The fraction of sp³-hybridized carbons (Fsp3) is 0.455. The van der Waals surface area contributed by atoms with Crippen LogP contribution in [-0.2, 0) is 14.8 Å². The van der Waals surface area contributed by atoms with Crippen LogP contribution in [0.15, 0.2) is 23.1 Å². The predicted molar refractivity (Wildman–Crippen MR) is 67.1 cm³/mol. The van der Waals surface area contributed by atoms with Crippen LogP contribution in [0.3, 0.4) is 0 Å². The molecule has 1 aromatic carbocycles. The number of nitrogens with one attached hydrogen (secondary N) is 1. The van der Waals surface area contributed by atoms with Crippen LogP contribution in [0.25, 0.3) is 0 Å². The van der Waals surface area contributed by atoms with E-state index in [0.717, 1.165) is 6.07 Å². The monoisotopic (exact) mass is 276 g/mol. The number of methoxy groups -OCH3 is 1. The topological polar surface area (TPSA) is 81.4 Å². The van der Waals surface area contributed by atoms with Crippen LogP contribution in [0.5, 0.6) is 0 Å². The van der Waals surface area contributed by atoms with Crippen LogP contribution < -0.4 is 10.5 Å². The molecular formula is C11H17FN2O3S. The largest absolute Gasteiger partial charge is 0.395 e. The lowest BCUT2D eigenvalue weighted by Gasteiger charge is -2.25. The van der Waals surface area contributed by atoms with Gasteiger partial charge in [0.05, 0.1) is 17.8 Å². The van der Waals surface area contributed by atoms with E-state index >= 15 is 0 Å². The Morgan fingerprint density at radius 2 is 2.06 bits per heavy atom. The number of halogens is 1. The Kier molecular flexibility index (Phi) is 4.31. The summed E-state index contributed by atoms with van der Waals surface area (Å²) in [5.41, 5.74) is 4.23. The van der Waals surface area contributed by atoms with Crippen LogP contribution in [0.1, 0.15) is 13.8 Å². The van der Waals surface area contributed by atoms with Gasteiger partial charge in [0.25, 0.3) is 0 Å². The fourth-order valence-corrected chi connectivity index (χ4v) is 3.10. The highest BCUT2D eigenvalue weighted by Crippen LogP contribution is 2.22. The summed E-state index contributed by atoms with van der Waals surface area (Å²) in [4.78, 5) is -0.272. The van der Waals surface area contributed by atoms with Crippen molar-refractivity contribution >= 4 is 15.7 Å². The molecule has 0 fully saturated rings. The van der Waals surface area contributed by atoms with Crippen molar-refractivity contribution in [3.63, 3.8) is 0 Å². The molecular weight excluding hydrogens is 259 g/mol. The second-order valence-corrected chi connectivity index (χ2v) is 6.22. The zero-order chi connectivity index (χ0) is 14.0. The quantitative estimate of drug-likeness (QED) is 0.789. The van der Waals surface area contributed by atoms with Crippen molar-refractivity contribution in [1.29, 1.82) is 0 Å². The number of ether oxygens (including phenoxy) is 1. The van der Waals surface area contributed by atoms with E-state index in [0.29, 0.717) is 0 Å². The van der Waals surface area contributed by atoms with E-state index in [1.165, 1.54) is 19.2 Å². The third-order valence-corrected chi connectivity index (χ3v) is 3.97. The van der Waals surface area contributed by atoms with Crippen molar-refractivity contribution in [2.24, 2.45) is 0 Å². The number of hydrogen-bond acceptors (Lipinski definition) is 4. The molecule has 7 heteroatoms. The molecule has 0 saturated heterocycles. The van der Waals surface area contributed by atoms with Crippen LogP contribution in [0, 0.1) is 5.82 Å². The molecule has 0 aromatic heterocycles. The molecule has 3 N–H and O–H groups in total. The van der Waals surface area contributed by atoms with Gasteiger partial charge in [0.2, 0.25) is 10.0 Å². The first-order chi connectivity index (χ1) is 8.19. The number of para-hydroxylation sites is 1. The maximum Gasteiger partial charge on any atom is 0.243 e. The summed E-state index contributed by atoms with van der Waals surface area (Å²) < 4.78 is 44.7. The molecule has 0 aliphatic carbocycles. The Hall–Kier alpha value is -1.18. The first-order valence-corrected chi connectivity index (χ1v) is 6.75. The first kappa shape index (κ1) is 14.9. The van der Waals surface area contributed by atoms with Crippen molar-refractivity contribution < 1.29 is 17.5 Å². The van der Waals surface area contributed by atoms with E-state index in [-0.39, 0.29) is 11.5 Å². The van der Waals surface area contributed by atoms with E-state index in [9.17, 15) is 12.8 Å². The zero-order valence-corrected chi connectivity index (χ0v) is 11.3. The minimum Gasteiger partial charge on any atom is -0.395 e. The summed E-state index contributed by atoms with van der Waals surface area (Å²) in [5, 5.41) is 0. The number of nitrogens with two attached hydrogens (primary N) is 1. The Bertz CT molecular complexity index is 529. The number of rotatable bonds is 5. The number of hydrogen-bond donors (Lipinski definition) is 2. The van der Waals surface area contributed by atoms with Gasteiger partial charge in [-0.05, 0) is 26.0 Å². The molecule has 1 aromatic rings. The summed E-state index contributed by atoms with van der Waals surface area (Å²) in [7, 11) is -2.42. The van der Waals surface area contributed by atoms with E-state index in [1.54, 1.807) is 13.8 Å². The lowest BCUT2D eigenvalue weighted by Crippen LogP contribution is -2.46. The van der Waals surface area contributed by atoms with Gasteiger partial charge >= 0.3 is 0 Å². The van der Waals surface area contributed by atoms with E-state index in [4.69, 9.17) is 10.5 Å². The maximum absolute atomic E-state index is 13.2. The molecule has 0 radical (unpaired) electrons. The van der Waals surface area contributed by atoms with Crippen molar-refractivity contribution in [3.8, 4) is 0 Å². The molecule has 18 heavy (non-hydrogen) atoms. The molecule has 0 bridgehead atoms. The molecule has 5 nitrogen and oxygen atoms in total. The van der Waals surface area contributed by atoms with E-state index < -0.39 is 27.1 Å². The number of nitrogen functional groups attached to an aromatic ring is 1. The summed E-state index contributed by atoms with van der Waals surface area (Å²) >= 11 is 0. The summed E-state index contributed by atoms with van der Waals surface area (Å²) in [6, 6.07) is 3.65. The molecule has 0 aliphatic heterocycles. The van der Waals surface area contributed by atoms with Crippen molar-refractivity contribution in [1.82, 2.24) is 4.72 Å². The highest BCUT2D eigenvalue weighted by molar-refractivity contribution is 7.89. The molecule has 0 aliphatic rings. The molecule has 0 heterocycles. The van der Waals surface area contributed by atoms with Crippen LogP contribution in [0.2, 0.25) is 0 Å². The SMILES string of the molecule is COCC(C)(C)NS(=O)(=O)c1cccc(F)c1N. The first-order valence-electron chi connectivity index (χ1n) is 5.26. The Morgan fingerprint density at radius 3 is 2.61 bits per heavy atom. The lowest BCUT2D eigenvalue weighted by molar-refractivity contribution is 0.141. The van der Waals surface area contributed by atoms with Gasteiger partial charge in [0.1, 0.15) is 10.7 Å². The van der Waals surface area contributed by atoms with Gasteiger partial charge in [-0.25, -0.2) is 17.5 Å². The van der Waals surface area contributed by atoms with Crippen molar-refractivity contribution in [2.75, 3.05) is 19.5 Å². The van der Waals surface area contributed by atoms with Gasteiger partial charge < -0.3 is 10.5 Å². The highest BCUT2D eigenvalue weighted by Gasteiger charge is 2.28. The van der Waals surface area contributed by atoms with Crippen LogP contribution in [0.4, 0.5) is 10.1 Å². The van der Waals surface area contributed by atoms with Gasteiger partial charge in [0, 0.05) is 7.11 Å². The van der Waals surface area contributed by atoms with Crippen molar-refractivity contribution in [3.05, 3.63) is 24.0 Å². The van der Waals surface area contributed by atoms with Gasteiger partial charge in [-0.2, -0.15) is 0 Å². The maximum atomic E-state index is 13.2. The van der Waals surface area contributed by atoms with Crippen LogP contribution in [-0.4, -0.2) is 27.7 Å². The second-order valence-electron chi connectivity index (χ2n) is 4.57. The second kappa shape index (κ2) is 5.21. The average Bonchev–Trinajstić information content (AvgIpc) is 2.19. The molecule has 0 unspecified atom stereocenters. The fourth-order valence-electron chi connectivity index (χ4n) is 1.56. The third-order valence-electron chi connectivity index (χ3n) is 2.22. The summed E-state index contributed by atoms with van der Waals surface area (Å²) in [5.74, 6) is -0.762. The van der Waals surface area contributed by atoms with E-state index in [2.05, 4.69) is 4.72 Å². The number of sulfonamides is 1. The van der Waals surface area contributed by atoms with Crippen LogP contribution >= 0.6 is 0 Å². The molecule has 0 amide bonds. The predicted octanol–water partition coefficient (Wildman–Crippen LogP) is 1.11. The Labute approximate surface area is 106 Å². The molecule has 0 spiro atoms. The highest BCUT2D eigenvalue weighted by atomic mass is 32.2. The molecule has 0 atom stereocenters. The summed E-state index contributed by atoms with van der Waals surface area (Å²) in [6.45, 7) is 3.49.